The lowest BCUT2D eigenvalue weighted by molar-refractivity contribution is -0.163. The molecule has 0 aromatic carbocycles. The quantitative estimate of drug-likeness (QED) is 0.108. The van der Waals surface area contributed by atoms with E-state index in [1.54, 1.807) is 0 Å². The number of nitrogens with one attached hydrogen (secondary N) is 2. The van der Waals surface area contributed by atoms with E-state index in [1.165, 1.54) is 0 Å². The van der Waals surface area contributed by atoms with Gasteiger partial charge in [-0.2, -0.15) is 0 Å². The molecule has 0 unspecified atom stereocenters. The van der Waals surface area contributed by atoms with Crippen LogP contribution < -0.4 is 16.4 Å². The maximum Gasteiger partial charge on any atom is 0.332 e. The van der Waals surface area contributed by atoms with Crippen LogP contribution in [0.1, 0.15) is 120 Å². The van der Waals surface area contributed by atoms with E-state index in [4.69, 9.17) is 33.2 Å². The normalized spacial score (nSPS) is 27.3. The number of carbonyl (C=O) groups excluding carboxylic acids is 2. The lowest BCUT2D eigenvalue weighted by atomic mass is 9.96. The average Bonchev–Trinajstić information content (AvgIpc) is 3.12. The second kappa shape index (κ2) is 20.3. The molecule has 5 N–H and O–H groups in total. The maximum atomic E-state index is 14.1. The summed E-state index contributed by atoms with van der Waals surface area (Å²) in [4.78, 5) is 40.1. The van der Waals surface area contributed by atoms with Crippen molar-refractivity contribution in [1.29, 1.82) is 0 Å². The Morgan fingerprint density at radius 1 is 0.569 bits per heavy atom. The van der Waals surface area contributed by atoms with Crippen LogP contribution in [-0.4, -0.2) is 122 Å². The van der Waals surface area contributed by atoms with Crippen molar-refractivity contribution in [3.63, 3.8) is 0 Å². The molecular weight excluding hydrogens is 791 g/mol. The summed E-state index contributed by atoms with van der Waals surface area (Å²) in [5, 5.41) is 16.1. The number of nitrogens with two attached hydrogens (primary N) is 1. The van der Waals surface area contributed by atoms with Crippen LogP contribution in [0.2, 0.25) is 54.4 Å². The van der Waals surface area contributed by atoms with Gasteiger partial charge in [0.1, 0.15) is 12.2 Å². The first-order chi connectivity index (χ1) is 26.5. The van der Waals surface area contributed by atoms with Crippen molar-refractivity contribution in [2.75, 3.05) is 19.8 Å². The topological polar surface area (TPSA) is 177 Å². The maximum absolute atomic E-state index is 14.1. The van der Waals surface area contributed by atoms with Gasteiger partial charge >= 0.3 is 5.97 Å². The summed E-state index contributed by atoms with van der Waals surface area (Å²) >= 11 is 0. The van der Waals surface area contributed by atoms with Gasteiger partial charge in [0, 0.05) is 0 Å². The average molecular weight is 874 g/mol. The Kier molecular flexibility index (Phi) is 17.9. The number of carboxylic acids is 1. The Labute approximate surface area is 354 Å². The monoisotopic (exact) mass is 874 g/mol. The largest absolute Gasteiger partial charge is 0.479 e. The van der Waals surface area contributed by atoms with Gasteiger partial charge in [0.25, 0.3) is 0 Å². The summed E-state index contributed by atoms with van der Waals surface area (Å²) in [7, 11) is -6.45. The van der Waals surface area contributed by atoms with Crippen molar-refractivity contribution >= 4 is 42.7 Å². The third kappa shape index (κ3) is 14.2. The minimum atomic E-state index is -2.23. The lowest BCUT2D eigenvalue weighted by Crippen LogP contribution is -2.58. The van der Waals surface area contributed by atoms with E-state index in [9.17, 15) is 19.5 Å². The van der Waals surface area contributed by atoms with Crippen LogP contribution in [0.25, 0.3) is 0 Å². The molecule has 0 bridgehead atoms. The fourth-order valence-corrected chi connectivity index (χ4v) is 9.82. The number of rotatable bonds is 17. The van der Waals surface area contributed by atoms with Crippen LogP contribution in [0, 0.1) is 0 Å². The molecule has 338 valence electrons. The third-order valence-corrected chi connectivity index (χ3v) is 27.6. The number of hydrogen-bond acceptors (Lipinski definition) is 10. The molecule has 0 spiro atoms. The summed E-state index contributed by atoms with van der Waals surface area (Å²) in [6, 6.07) is -1.43. The number of carbonyl (C=O) groups is 3. The number of amides is 2. The van der Waals surface area contributed by atoms with Gasteiger partial charge in [-0.15, -0.1) is 0 Å². The second-order valence-corrected chi connectivity index (χ2v) is 36.2. The Balaban J connectivity index is 1.78. The highest BCUT2D eigenvalue weighted by atomic mass is 28.4. The fourth-order valence-electron chi connectivity index (χ4n) is 6.72. The van der Waals surface area contributed by atoms with Crippen LogP contribution in [0.5, 0.6) is 0 Å². The molecule has 3 aliphatic rings. The summed E-state index contributed by atoms with van der Waals surface area (Å²) in [6.07, 6.45) is 2.03. The Morgan fingerprint density at radius 3 is 1.24 bits per heavy atom. The van der Waals surface area contributed by atoms with E-state index in [0.717, 1.165) is 12.8 Å². The van der Waals surface area contributed by atoms with Gasteiger partial charge in [0.05, 0.1) is 56.3 Å². The molecule has 3 aliphatic heterocycles. The first kappa shape index (κ1) is 51.1. The molecular formula is C42H83N3O10Si3. The number of aliphatic carboxylic acids is 1. The van der Waals surface area contributed by atoms with Gasteiger partial charge in [-0.1, -0.05) is 62.3 Å². The molecule has 2 amide bonds. The molecule has 0 aromatic rings. The van der Waals surface area contributed by atoms with Gasteiger partial charge in [-0.25, -0.2) is 4.79 Å². The summed E-state index contributed by atoms with van der Waals surface area (Å²) in [5.74, 6) is -1.52. The van der Waals surface area contributed by atoms with E-state index in [0.29, 0.717) is 51.6 Å². The van der Waals surface area contributed by atoms with Crippen molar-refractivity contribution in [2.24, 2.45) is 5.73 Å². The first-order valence-electron chi connectivity index (χ1n) is 21.9. The number of carboxylic acid groups (broad SMARTS) is 1. The fraction of sp³-hybridized carbons (Fsp3) is 0.929. The minimum Gasteiger partial charge on any atom is -0.479 e. The van der Waals surface area contributed by atoms with E-state index >= 15 is 0 Å². The highest BCUT2D eigenvalue weighted by Crippen LogP contribution is 2.39. The van der Waals surface area contributed by atoms with Crippen molar-refractivity contribution in [1.82, 2.24) is 10.6 Å². The van der Waals surface area contributed by atoms with Gasteiger partial charge in [-0.05, 0) is 112 Å². The van der Waals surface area contributed by atoms with Crippen molar-refractivity contribution in [3.05, 3.63) is 0 Å². The Bertz CT molecular complexity index is 1360. The second-order valence-electron chi connectivity index (χ2n) is 21.7. The van der Waals surface area contributed by atoms with E-state index < -0.39 is 73.5 Å². The van der Waals surface area contributed by atoms with Crippen molar-refractivity contribution < 1.29 is 47.0 Å². The van der Waals surface area contributed by atoms with Gasteiger partial charge < -0.3 is 49.0 Å². The van der Waals surface area contributed by atoms with Gasteiger partial charge in [-0.3, -0.25) is 9.59 Å². The molecule has 3 fully saturated rings. The Hall–Kier alpha value is -1.22. The molecule has 0 radical (unpaired) electrons. The molecule has 16 heteroatoms. The summed E-state index contributed by atoms with van der Waals surface area (Å²) in [5.41, 5.74) is 6.65. The standard InChI is InChI=1S/C42H83N3O10Si3/c1-40(2,3)56(10,11)50-25-28(43)31-19-16-22-34(53-31)37(46)44-29(26-51-57(12,13)41(4,5)6)32-20-17-23-35(54-32)38(47)45-30(27-52-58(14,15)42(7,8)9)33-21-18-24-36(55-33)39(48)49/h28-36H,16-27,43H2,1-15H3,(H,44,46)(H,45,47)(H,48,49)/t28-,29-,30-,31+,32+,33+,34-,35-,36-/m0/s1. The van der Waals surface area contributed by atoms with Gasteiger partial charge in [0.15, 0.2) is 31.1 Å². The molecule has 3 heterocycles. The van der Waals surface area contributed by atoms with Crippen molar-refractivity contribution in [3.8, 4) is 0 Å². The zero-order chi connectivity index (χ0) is 44.1. The summed E-state index contributed by atoms with van der Waals surface area (Å²) < 4.78 is 38.8. The molecule has 58 heavy (non-hydrogen) atoms. The highest BCUT2D eigenvalue weighted by Gasteiger charge is 2.44. The molecule has 3 rings (SSSR count). The SMILES string of the molecule is CC(C)(C)[Si](C)(C)OC[C@H](NC(=O)[C@@H]1CCC[C@H]([C@H](CO[Si](C)(C)C(C)(C)C)NC(=O)[C@@H]2CCC[C@H]([C@@H](N)CO[Si](C)(C)C(C)(C)C)O2)O1)[C@H]1CCC[C@@H](C(=O)O)O1. The minimum absolute atomic E-state index is 0.0535. The lowest BCUT2D eigenvalue weighted by Gasteiger charge is -2.41. The van der Waals surface area contributed by atoms with Crippen LogP contribution in [0.4, 0.5) is 0 Å². The molecule has 13 nitrogen and oxygen atoms in total. The van der Waals surface area contributed by atoms with Crippen LogP contribution in [0.15, 0.2) is 0 Å². The predicted octanol–water partition coefficient (Wildman–Crippen LogP) is 7.25. The zero-order valence-electron chi connectivity index (χ0n) is 38.9. The van der Waals surface area contributed by atoms with E-state index in [2.05, 4.69) is 112 Å². The first-order valence-corrected chi connectivity index (χ1v) is 30.7. The predicted molar refractivity (Wildman–Crippen MR) is 236 cm³/mol. The van der Waals surface area contributed by atoms with E-state index in [-0.39, 0.29) is 52.3 Å². The van der Waals surface area contributed by atoms with Crippen molar-refractivity contribution in [2.45, 2.75) is 229 Å². The zero-order valence-corrected chi connectivity index (χ0v) is 41.9. The Morgan fingerprint density at radius 2 is 0.879 bits per heavy atom. The molecule has 0 saturated carbocycles. The molecule has 0 aliphatic carbocycles. The van der Waals surface area contributed by atoms with Gasteiger partial charge in [0.2, 0.25) is 11.8 Å². The van der Waals surface area contributed by atoms with E-state index in [1.807, 2.05) is 0 Å². The smallest absolute Gasteiger partial charge is 0.332 e. The number of hydrogen-bond donors (Lipinski definition) is 4. The summed E-state index contributed by atoms with van der Waals surface area (Å²) in [6.45, 7) is 33.5. The molecule has 9 atom stereocenters. The van der Waals surface area contributed by atoms with Crippen LogP contribution in [-0.2, 0) is 41.9 Å². The third-order valence-electron chi connectivity index (χ3n) is 14.1. The molecule has 3 saturated heterocycles. The van der Waals surface area contributed by atoms with Crippen LogP contribution >= 0.6 is 0 Å². The number of ether oxygens (including phenoxy) is 3. The van der Waals surface area contributed by atoms with Crippen LogP contribution in [0.3, 0.4) is 0 Å². The highest BCUT2D eigenvalue weighted by molar-refractivity contribution is 6.74. The molecule has 0 aromatic heterocycles.